The van der Waals surface area contributed by atoms with Crippen molar-refractivity contribution in [1.82, 2.24) is 5.32 Å². The summed E-state index contributed by atoms with van der Waals surface area (Å²) in [5.41, 5.74) is 3.71. The SMILES string of the molecule is O=C(NCc1ccc2ccccc2c1)c1ccc2c(c1)OCCN2Cc1ccc(-c2ccccc2C(=O)O)c(F)c1. The van der Waals surface area contributed by atoms with E-state index in [1.807, 2.05) is 30.3 Å². The Morgan fingerprint density at radius 2 is 1.61 bits per heavy atom. The first kappa shape index (κ1) is 26.1. The van der Waals surface area contributed by atoms with Crippen LogP contribution >= 0.6 is 0 Å². The van der Waals surface area contributed by atoms with Crippen molar-refractivity contribution < 1.29 is 23.8 Å². The van der Waals surface area contributed by atoms with Gasteiger partial charge in [0.1, 0.15) is 18.2 Å². The molecule has 6 rings (SSSR count). The van der Waals surface area contributed by atoms with E-state index >= 15 is 4.39 Å². The van der Waals surface area contributed by atoms with Crippen LogP contribution in [-0.4, -0.2) is 30.1 Å². The van der Waals surface area contributed by atoms with Crippen LogP contribution in [0.15, 0.2) is 103 Å². The number of nitrogens with zero attached hydrogens (tertiary/aromatic N) is 1. The molecule has 0 bridgehead atoms. The lowest BCUT2D eigenvalue weighted by atomic mass is 9.98. The van der Waals surface area contributed by atoms with Gasteiger partial charge in [0, 0.05) is 24.2 Å². The monoisotopic (exact) mass is 546 g/mol. The van der Waals surface area contributed by atoms with Gasteiger partial charge in [-0.15, -0.1) is 0 Å². The number of carboxylic acids is 1. The maximum atomic E-state index is 15.2. The van der Waals surface area contributed by atoms with Crippen LogP contribution in [0.2, 0.25) is 0 Å². The molecule has 2 N–H and O–H groups in total. The molecular weight excluding hydrogens is 519 g/mol. The summed E-state index contributed by atoms with van der Waals surface area (Å²) >= 11 is 0. The second kappa shape index (κ2) is 11.1. The van der Waals surface area contributed by atoms with Crippen molar-refractivity contribution in [1.29, 1.82) is 0 Å². The average Bonchev–Trinajstić information content (AvgIpc) is 2.99. The van der Waals surface area contributed by atoms with E-state index in [1.165, 1.54) is 12.1 Å². The Balaban J connectivity index is 1.15. The molecule has 1 heterocycles. The molecule has 0 radical (unpaired) electrons. The quantitative estimate of drug-likeness (QED) is 0.238. The summed E-state index contributed by atoms with van der Waals surface area (Å²) in [5, 5.41) is 14.8. The zero-order chi connectivity index (χ0) is 28.3. The van der Waals surface area contributed by atoms with Crippen molar-refractivity contribution in [3.05, 3.63) is 131 Å². The third-order valence-corrected chi connectivity index (χ3v) is 7.30. The fraction of sp³-hybridized carbons (Fsp3) is 0.118. The number of carbonyl (C=O) groups excluding carboxylic acids is 1. The van der Waals surface area contributed by atoms with Gasteiger partial charge < -0.3 is 20.1 Å². The highest BCUT2D eigenvalue weighted by Crippen LogP contribution is 2.34. The van der Waals surface area contributed by atoms with E-state index < -0.39 is 11.8 Å². The van der Waals surface area contributed by atoms with E-state index in [0.717, 1.165) is 27.6 Å². The number of fused-ring (bicyclic) bond motifs is 2. The number of halogens is 1. The number of rotatable bonds is 7. The molecule has 204 valence electrons. The predicted octanol–water partition coefficient (Wildman–Crippen LogP) is 6.67. The number of nitrogens with one attached hydrogen (secondary N) is 1. The molecule has 1 aliphatic heterocycles. The minimum Gasteiger partial charge on any atom is -0.490 e. The summed E-state index contributed by atoms with van der Waals surface area (Å²) in [6, 6.07) is 30.9. The van der Waals surface area contributed by atoms with Gasteiger partial charge in [-0.1, -0.05) is 66.7 Å². The van der Waals surface area contributed by atoms with Crippen LogP contribution in [0.25, 0.3) is 21.9 Å². The smallest absolute Gasteiger partial charge is 0.336 e. The van der Waals surface area contributed by atoms with E-state index in [0.29, 0.717) is 43.1 Å². The molecule has 0 aromatic heterocycles. The van der Waals surface area contributed by atoms with Gasteiger partial charge in [0.2, 0.25) is 0 Å². The Labute approximate surface area is 236 Å². The van der Waals surface area contributed by atoms with Gasteiger partial charge in [-0.25, -0.2) is 9.18 Å². The van der Waals surface area contributed by atoms with Crippen molar-refractivity contribution in [3.8, 4) is 16.9 Å². The molecule has 1 aliphatic rings. The molecule has 0 saturated heterocycles. The first-order valence-electron chi connectivity index (χ1n) is 13.3. The molecule has 5 aromatic carbocycles. The summed E-state index contributed by atoms with van der Waals surface area (Å²) in [6.07, 6.45) is 0. The highest BCUT2D eigenvalue weighted by atomic mass is 19.1. The molecule has 0 fully saturated rings. The zero-order valence-corrected chi connectivity index (χ0v) is 22.1. The van der Waals surface area contributed by atoms with E-state index in [-0.39, 0.29) is 17.0 Å². The van der Waals surface area contributed by atoms with E-state index in [2.05, 4.69) is 28.4 Å². The number of amides is 1. The van der Waals surface area contributed by atoms with Gasteiger partial charge >= 0.3 is 5.97 Å². The van der Waals surface area contributed by atoms with Crippen molar-refractivity contribution in [3.63, 3.8) is 0 Å². The lowest BCUT2D eigenvalue weighted by Gasteiger charge is -2.31. The summed E-state index contributed by atoms with van der Waals surface area (Å²) in [6.45, 7) is 1.88. The van der Waals surface area contributed by atoms with Gasteiger partial charge in [0.25, 0.3) is 5.91 Å². The standard InChI is InChI=1S/C34H27FN2O4/c35-30-18-23(10-13-28(30)27-7-3-4-8-29(27)34(39)40)21-37-15-16-41-32-19-26(12-14-31(32)37)33(38)36-20-22-9-11-24-5-1-2-6-25(24)17-22/h1-14,17-19H,15-16,20-21H2,(H,36,38)(H,39,40). The number of hydrogen-bond donors (Lipinski definition) is 2. The molecule has 0 aliphatic carbocycles. The predicted molar refractivity (Wildman–Crippen MR) is 157 cm³/mol. The zero-order valence-electron chi connectivity index (χ0n) is 22.1. The first-order chi connectivity index (χ1) is 20.0. The van der Waals surface area contributed by atoms with Gasteiger partial charge in [0.05, 0.1) is 17.8 Å². The van der Waals surface area contributed by atoms with Gasteiger partial charge in [-0.05, 0) is 63.9 Å². The van der Waals surface area contributed by atoms with Crippen LogP contribution < -0.4 is 15.0 Å². The first-order valence-corrected chi connectivity index (χ1v) is 13.3. The third-order valence-electron chi connectivity index (χ3n) is 7.30. The Hall–Kier alpha value is -5.17. The number of ether oxygens (including phenoxy) is 1. The van der Waals surface area contributed by atoms with Gasteiger partial charge in [0.15, 0.2) is 0 Å². The van der Waals surface area contributed by atoms with E-state index in [1.54, 1.807) is 42.5 Å². The maximum Gasteiger partial charge on any atom is 0.336 e. The summed E-state index contributed by atoms with van der Waals surface area (Å²) in [5.74, 6) is -1.18. The molecule has 0 unspecified atom stereocenters. The van der Waals surface area contributed by atoms with Crippen LogP contribution in [0.5, 0.6) is 5.75 Å². The maximum absolute atomic E-state index is 15.2. The highest BCUT2D eigenvalue weighted by Gasteiger charge is 2.21. The largest absolute Gasteiger partial charge is 0.490 e. The second-order valence-corrected chi connectivity index (χ2v) is 9.98. The van der Waals surface area contributed by atoms with Gasteiger partial charge in [-0.3, -0.25) is 4.79 Å². The lowest BCUT2D eigenvalue weighted by molar-refractivity contribution is 0.0697. The number of carbonyl (C=O) groups is 2. The Morgan fingerprint density at radius 3 is 2.44 bits per heavy atom. The summed E-state index contributed by atoms with van der Waals surface area (Å²) in [7, 11) is 0. The molecule has 41 heavy (non-hydrogen) atoms. The summed E-state index contributed by atoms with van der Waals surface area (Å²) in [4.78, 5) is 26.6. The molecule has 0 saturated carbocycles. The topological polar surface area (TPSA) is 78.9 Å². The molecule has 0 spiro atoms. The Kier molecular flexibility index (Phi) is 7.08. The van der Waals surface area contributed by atoms with Crippen LogP contribution in [0, 0.1) is 5.82 Å². The minimum atomic E-state index is -1.10. The molecule has 1 amide bonds. The molecular formula is C34H27FN2O4. The van der Waals surface area contributed by atoms with Crippen LogP contribution in [-0.2, 0) is 13.1 Å². The third kappa shape index (κ3) is 5.47. The number of hydrogen-bond acceptors (Lipinski definition) is 4. The van der Waals surface area contributed by atoms with Gasteiger partial charge in [-0.2, -0.15) is 0 Å². The van der Waals surface area contributed by atoms with Crippen molar-refractivity contribution in [2.24, 2.45) is 0 Å². The van der Waals surface area contributed by atoms with Crippen LogP contribution in [0.1, 0.15) is 31.8 Å². The fourth-order valence-corrected chi connectivity index (χ4v) is 5.22. The van der Waals surface area contributed by atoms with Crippen LogP contribution in [0.3, 0.4) is 0 Å². The number of anilines is 1. The Bertz CT molecular complexity index is 1780. The molecule has 6 nitrogen and oxygen atoms in total. The van der Waals surface area contributed by atoms with E-state index in [9.17, 15) is 14.7 Å². The van der Waals surface area contributed by atoms with Crippen LogP contribution in [0.4, 0.5) is 10.1 Å². The molecule has 5 aromatic rings. The summed E-state index contributed by atoms with van der Waals surface area (Å²) < 4.78 is 21.0. The molecule has 0 atom stereocenters. The van der Waals surface area contributed by atoms with Crippen molar-refractivity contribution in [2.45, 2.75) is 13.1 Å². The second-order valence-electron chi connectivity index (χ2n) is 9.98. The van der Waals surface area contributed by atoms with Crippen molar-refractivity contribution >= 4 is 28.3 Å². The average molecular weight is 547 g/mol. The highest BCUT2D eigenvalue weighted by molar-refractivity contribution is 5.96. The molecule has 7 heteroatoms. The van der Waals surface area contributed by atoms with Crippen molar-refractivity contribution in [2.75, 3.05) is 18.1 Å². The minimum absolute atomic E-state index is 0.0540. The fourth-order valence-electron chi connectivity index (χ4n) is 5.22. The normalized spacial score (nSPS) is 12.5. The number of carboxylic acid groups (broad SMARTS) is 1. The van der Waals surface area contributed by atoms with E-state index in [4.69, 9.17) is 4.74 Å². The lowest BCUT2D eigenvalue weighted by Crippen LogP contribution is -2.32. The Morgan fingerprint density at radius 1 is 0.829 bits per heavy atom. The number of aromatic carboxylic acids is 1. The number of benzene rings is 5.